The van der Waals surface area contributed by atoms with Gasteiger partial charge in [0.15, 0.2) is 0 Å². The Morgan fingerprint density at radius 3 is 2.96 bits per heavy atom. The fourth-order valence-corrected chi connectivity index (χ4v) is 6.41. The average Bonchev–Trinajstić information content (AvgIpc) is 3.25. The smallest absolute Gasteiger partial charge is 0.115 e. The molecule has 0 bridgehead atoms. The maximum absolute atomic E-state index is 11.3. The minimum Gasteiger partial charge on any atom is -0.508 e. The number of fused-ring (bicyclic) bond motifs is 5. The first-order chi connectivity index (χ1) is 13.5. The van der Waals surface area contributed by atoms with Crippen LogP contribution < -0.4 is 0 Å². The van der Waals surface area contributed by atoms with E-state index in [0.29, 0.717) is 23.5 Å². The number of hydrogen-bond donors (Lipinski definition) is 2. The van der Waals surface area contributed by atoms with Crippen LogP contribution in [-0.2, 0) is 13.0 Å². The first kappa shape index (κ1) is 18.0. The predicted octanol–water partition coefficient (Wildman–Crippen LogP) is 4.52. The van der Waals surface area contributed by atoms with Gasteiger partial charge in [-0.05, 0) is 85.6 Å². The average molecular weight is 379 g/mol. The van der Waals surface area contributed by atoms with E-state index in [-0.39, 0.29) is 11.5 Å². The van der Waals surface area contributed by atoms with Crippen LogP contribution in [-0.4, -0.2) is 26.1 Å². The third-order valence-corrected chi connectivity index (χ3v) is 7.91. The number of aliphatic hydroxyl groups excluding tert-OH is 1. The van der Waals surface area contributed by atoms with Crippen molar-refractivity contribution in [2.24, 2.45) is 17.3 Å². The van der Waals surface area contributed by atoms with E-state index in [2.05, 4.69) is 37.3 Å². The van der Waals surface area contributed by atoms with Crippen LogP contribution in [0.4, 0.5) is 0 Å². The second-order valence-electron chi connectivity index (χ2n) is 9.30. The lowest BCUT2D eigenvalue weighted by molar-refractivity contribution is -0.0158. The number of aromatic nitrogens is 2. The molecule has 0 radical (unpaired) electrons. The Morgan fingerprint density at radius 2 is 2.18 bits per heavy atom. The van der Waals surface area contributed by atoms with Gasteiger partial charge in [-0.3, -0.25) is 4.68 Å². The third kappa shape index (κ3) is 2.65. The number of aromatic hydroxyl groups is 1. The summed E-state index contributed by atoms with van der Waals surface area (Å²) in [6.07, 6.45) is 11.2. The summed E-state index contributed by atoms with van der Waals surface area (Å²) in [5.74, 6) is 2.09. The molecule has 0 aliphatic heterocycles. The standard InChI is InChI=1S/C24H30N2O2/c1-3-26-14-15(13-25-26)10-17-12-22-21-6-4-16-11-18(27)5-7-19(16)20(21)8-9-24(22,2)23(17)28/h5,7,10-11,13-14,20-23,27-28H,3-4,6,8-9,12H2,1-2H3/b17-10+/t20-,21-,22+,23+,24-/m0/s1. The summed E-state index contributed by atoms with van der Waals surface area (Å²) in [6.45, 7) is 5.26. The second-order valence-corrected chi connectivity index (χ2v) is 9.30. The molecule has 1 aromatic carbocycles. The quantitative estimate of drug-likeness (QED) is 0.808. The lowest BCUT2D eigenvalue weighted by Gasteiger charge is -2.49. The van der Waals surface area contributed by atoms with Crippen LogP contribution in [0.2, 0.25) is 0 Å². The molecule has 0 spiro atoms. The summed E-state index contributed by atoms with van der Waals surface area (Å²) in [5, 5.41) is 25.5. The van der Waals surface area contributed by atoms with Gasteiger partial charge in [0.05, 0.1) is 12.3 Å². The number of aryl methyl sites for hydroxylation is 2. The van der Waals surface area contributed by atoms with Crippen LogP contribution in [0.5, 0.6) is 5.75 Å². The van der Waals surface area contributed by atoms with Crippen molar-refractivity contribution in [2.45, 2.75) is 64.5 Å². The minimum atomic E-state index is -0.357. The molecule has 3 aliphatic carbocycles. The van der Waals surface area contributed by atoms with Crippen molar-refractivity contribution in [2.75, 3.05) is 0 Å². The third-order valence-electron chi connectivity index (χ3n) is 7.91. The molecule has 2 fully saturated rings. The van der Waals surface area contributed by atoms with Crippen LogP contribution in [0.15, 0.2) is 36.2 Å². The molecule has 1 heterocycles. The topological polar surface area (TPSA) is 58.3 Å². The van der Waals surface area contributed by atoms with E-state index in [1.165, 1.54) is 16.7 Å². The van der Waals surface area contributed by atoms with E-state index in [9.17, 15) is 10.2 Å². The number of phenolic OH excluding ortho intramolecular Hbond substituents is 1. The Balaban J connectivity index is 1.46. The highest BCUT2D eigenvalue weighted by Crippen LogP contribution is 2.62. The summed E-state index contributed by atoms with van der Waals surface area (Å²) in [4.78, 5) is 0. The van der Waals surface area contributed by atoms with Crippen molar-refractivity contribution < 1.29 is 10.2 Å². The monoisotopic (exact) mass is 378 g/mol. The molecular weight excluding hydrogens is 348 g/mol. The summed E-state index contributed by atoms with van der Waals surface area (Å²) in [6, 6.07) is 5.94. The van der Waals surface area contributed by atoms with Crippen molar-refractivity contribution in [1.82, 2.24) is 9.78 Å². The lowest BCUT2D eigenvalue weighted by Crippen LogP contribution is -2.44. The molecule has 28 heavy (non-hydrogen) atoms. The molecule has 4 nitrogen and oxygen atoms in total. The van der Waals surface area contributed by atoms with Crippen LogP contribution in [0, 0.1) is 17.3 Å². The molecule has 2 N–H and O–H groups in total. The van der Waals surface area contributed by atoms with E-state index in [0.717, 1.165) is 44.2 Å². The number of aliphatic hydroxyl groups is 1. The highest BCUT2D eigenvalue weighted by atomic mass is 16.3. The molecule has 1 aromatic heterocycles. The van der Waals surface area contributed by atoms with Gasteiger partial charge in [-0.2, -0.15) is 5.10 Å². The first-order valence-corrected chi connectivity index (χ1v) is 10.7. The highest BCUT2D eigenvalue weighted by Gasteiger charge is 2.56. The van der Waals surface area contributed by atoms with Crippen LogP contribution in [0.25, 0.3) is 6.08 Å². The van der Waals surface area contributed by atoms with Gasteiger partial charge in [-0.15, -0.1) is 0 Å². The van der Waals surface area contributed by atoms with E-state index < -0.39 is 0 Å². The summed E-state index contributed by atoms with van der Waals surface area (Å²) >= 11 is 0. The Bertz CT molecular complexity index is 930. The van der Waals surface area contributed by atoms with E-state index in [1.54, 1.807) is 0 Å². The molecule has 5 atom stereocenters. The summed E-state index contributed by atoms with van der Waals surface area (Å²) in [7, 11) is 0. The van der Waals surface area contributed by atoms with Gasteiger partial charge in [-0.1, -0.05) is 19.1 Å². The number of hydrogen-bond acceptors (Lipinski definition) is 3. The maximum atomic E-state index is 11.3. The van der Waals surface area contributed by atoms with E-state index in [1.807, 2.05) is 23.0 Å². The van der Waals surface area contributed by atoms with Crippen LogP contribution in [0.3, 0.4) is 0 Å². The van der Waals surface area contributed by atoms with Crippen molar-refractivity contribution in [3.8, 4) is 5.75 Å². The van der Waals surface area contributed by atoms with Crippen molar-refractivity contribution in [3.05, 3.63) is 52.9 Å². The Morgan fingerprint density at radius 1 is 1.32 bits per heavy atom. The van der Waals surface area contributed by atoms with Gasteiger partial charge >= 0.3 is 0 Å². The number of phenols is 1. The molecule has 5 rings (SSSR count). The Kier molecular flexibility index (Phi) is 4.16. The van der Waals surface area contributed by atoms with Gasteiger partial charge in [0.1, 0.15) is 5.75 Å². The van der Waals surface area contributed by atoms with E-state index >= 15 is 0 Å². The molecule has 3 aliphatic rings. The van der Waals surface area contributed by atoms with Crippen molar-refractivity contribution in [1.29, 1.82) is 0 Å². The zero-order valence-corrected chi connectivity index (χ0v) is 16.8. The SMILES string of the molecule is CCn1cc(/C=C2\C[C@@H]3[C@H]4CCc5cc(O)ccc5[C@@H]4CC[C@]3(C)[C@@H]2O)cn1. The van der Waals surface area contributed by atoms with Gasteiger partial charge in [0.2, 0.25) is 0 Å². The summed E-state index contributed by atoms with van der Waals surface area (Å²) < 4.78 is 1.94. The van der Waals surface area contributed by atoms with Crippen LogP contribution >= 0.6 is 0 Å². The molecule has 0 unspecified atom stereocenters. The molecule has 4 heteroatoms. The molecule has 2 saturated carbocycles. The fraction of sp³-hybridized carbons (Fsp3) is 0.542. The van der Waals surface area contributed by atoms with Crippen LogP contribution in [0.1, 0.15) is 62.1 Å². The van der Waals surface area contributed by atoms with Gasteiger partial charge in [0.25, 0.3) is 0 Å². The van der Waals surface area contributed by atoms with Crippen molar-refractivity contribution >= 4 is 6.08 Å². The number of rotatable bonds is 2. The molecule has 0 amide bonds. The largest absolute Gasteiger partial charge is 0.508 e. The molecule has 148 valence electrons. The molecular formula is C24H30N2O2. The fourth-order valence-electron chi connectivity index (χ4n) is 6.41. The first-order valence-electron chi connectivity index (χ1n) is 10.7. The maximum Gasteiger partial charge on any atom is 0.115 e. The predicted molar refractivity (Wildman–Crippen MR) is 110 cm³/mol. The Labute approximate surface area is 166 Å². The van der Waals surface area contributed by atoms with Gasteiger partial charge < -0.3 is 10.2 Å². The zero-order valence-electron chi connectivity index (χ0n) is 16.8. The van der Waals surface area contributed by atoms with Gasteiger partial charge in [-0.25, -0.2) is 0 Å². The summed E-state index contributed by atoms with van der Waals surface area (Å²) in [5.41, 5.74) is 5.01. The Hall–Kier alpha value is -2.07. The number of nitrogens with zero attached hydrogens (tertiary/aromatic N) is 2. The van der Waals surface area contributed by atoms with Gasteiger partial charge in [0, 0.05) is 23.7 Å². The van der Waals surface area contributed by atoms with Crippen molar-refractivity contribution in [3.63, 3.8) is 0 Å². The minimum absolute atomic E-state index is 0.0256. The normalized spacial score (nSPS) is 35.5. The second kappa shape index (κ2) is 6.48. The zero-order chi connectivity index (χ0) is 19.5. The van der Waals surface area contributed by atoms with E-state index in [4.69, 9.17) is 0 Å². The highest BCUT2D eigenvalue weighted by molar-refractivity contribution is 5.54. The molecule has 0 saturated heterocycles. The lowest BCUT2D eigenvalue weighted by atomic mass is 9.55. The molecule has 2 aromatic rings. The number of benzene rings is 1.